The van der Waals surface area contributed by atoms with Gasteiger partial charge in [-0.2, -0.15) is 0 Å². The van der Waals surface area contributed by atoms with Gasteiger partial charge < -0.3 is 10.6 Å². The van der Waals surface area contributed by atoms with Crippen molar-refractivity contribution in [3.63, 3.8) is 0 Å². The maximum absolute atomic E-state index is 12.2. The molecule has 2 rings (SSSR count). The average Bonchev–Trinajstić information content (AvgIpc) is 2.48. The smallest absolute Gasteiger partial charge is 0.251 e. The van der Waals surface area contributed by atoms with Gasteiger partial charge in [0.15, 0.2) is 0 Å². The number of hydrogen-bond donors (Lipinski definition) is 2. The molecule has 0 aliphatic heterocycles. The number of amides is 1. The molecule has 0 fully saturated rings. The Morgan fingerprint density at radius 2 is 2.10 bits per heavy atom. The van der Waals surface area contributed by atoms with Crippen LogP contribution in [0.4, 0.5) is 5.82 Å². The minimum atomic E-state index is -0.139. The number of nitrogens with one attached hydrogen (secondary N) is 2. The van der Waals surface area contributed by atoms with Gasteiger partial charge in [-0.15, -0.1) is 0 Å². The summed E-state index contributed by atoms with van der Waals surface area (Å²) in [6, 6.07) is 8.94. The lowest BCUT2D eigenvalue weighted by Gasteiger charge is -2.13. The molecule has 104 valence electrons. The number of anilines is 1. The van der Waals surface area contributed by atoms with Gasteiger partial charge in [0.1, 0.15) is 5.82 Å². The Morgan fingerprint density at radius 1 is 1.25 bits per heavy atom. The fourth-order valence-corrected chi connectivity index (χ4v) is 1.84. The molecule has 1 amide bonds. The van der Waals surface area contributed by atoms with Crippen molar-refractivity contribution in [3.05, 3.63) is 54.0 Å². The highest BCUT2D eigenvalue weighted by Crippen LogP contribution is 2.11. The second-order valence-corrected chi connectivity index (χ2v) is 4.41. The molecular weight excluding hydrogens is 252 g/mol. The fraction of sp³-hybridized carbons (Fsp3) is 0.267. The zero-order chi connectivity index (χ0) is 14.4. The minimum Gasteiger partial charge on any atom is -0.370 e. The molecule has 0 aromatic carbocycles. The first kappa shape index (κ1) is 14.0. The van der Waals surface area contributed by atoms with Gasteiger partial charge in [0.2, 0.25) is 0 Å². The zero-order valence-corrected chi connectivity index (χ0v) is 11.6. The summed E-state index contributed by atoms with van der Waals surface area (Å²) in [5, 5.41) is 6.01. The van der Waals surface area contributed by atoms with Gasteiger partial charge >= 0.3 is 0 Å². The standard InChI is InChI=1S/C15H18N4O/c1-3-16-14-10-12(7-9-18-14)15(20)19-11(2)13-6-4-5-8-17-13/h4-11H,3H2,1-2H3,(H,16,18)(H,19,20). The van der Waals surface area contributed by atoms with Crippen molar-refractivity contribution in [1.82, 2.24) is 15.3 Å². The van der Waals surface area contributed by atoms with Crippen molar-refractivity contribution in [3.8, 4) is 0 Å². The first-order valence-corrected chi connectivity index (χ1v) is 6.62. The van der Waals surface area contributed by atoms with E-state index in [9.17, 15) is 4.79 Å². The first-order valence-electron chi connectivity index (χ1n) is 6.62. The summed E-state index contributed by atoms with van der Waals surface area (Å²) in [4.78, 5) is 20.6. The molecule has 0 bridgehead atoms. The fourth-order valence-electron chi connectivity index (χ4n) is 1.84. The van der Waals surface area contributed by atoms with E-state index in [2.05, 4.69) is 20.6 Å². The van der Waals surface area contributed by atoms with Crippen LogP contribution in [-0.2, 0) is 0 Å². The number of nitrogens with zero attached hydrogens (tertiary/aromatic N) is 2. The number of carbonyl (C=O) groups excluding carboxylic acids is 1. The molecule has 2 aromatic rings. The number of pyridine rings is 2. The number of aromatic nitrogens is 2. The molecule has 2 N–H and O–H groups in total. The molecule has 0 saturated carbocycles. The quantitative estimate of drug-likeness (QED) is 0.875. The van der Waals surface area contributed by atoms with Crippen molar-refractivity contribution in [2.45, 2.75) is 19.9 Å². The molecular formula is C15H18N4O. The van der Waals surface area contributed by atoms with Gasteiger partial charge in [-0.1, -0.05) is 6.07 Å². The largest absolute Gasteiger partial charge is 0.370 e. The van der Waals surface area contributed by atoms with Crippen molar-refractivity contribution in [2.24, 2.45) is 0 Å². The van der Waals surface area contributed by atoms with E-state index in [4.69, 9.17) is 0 Å². The zero-order valence-electron chi connectivity index (χ0n) is 11.6. The van der Waals surface area contributed by atoms with E-state index in [0.717, 1.165) is 12.2 Å². The molecule has 0 aliphatic rings. The van der Waals surface area contributed by atoms with Crippen LogP contribution < -0.4 is 10.6 Å². The van der Waals surface area contributed by atoms with Crippen molar-refractivity contribution in [2.75, 3.05) is 11.9 Å². The van der Waals surface area contributed by atoms with E-state index in [1.54, 1.807) is 24.5 Å². The lowest BCUT2D eigenvalue weighted by Crippen LogP contribution is -2.27. The number of rotatable bonds is 5. The van der Waals surface area contributed by atoms with Crippen LogP contribution in [0.25, 0.3) is 0 Å². The molecule has 5 heteroatoms. The Labute approximate surface area is 118 Å². The van der Waals surface area contributed by atoms with E-state index in [1.165, 1.54) is 0 Å². The summed E-state index contributed by atoms with van der Waals surface area (Å²) in [7, 11) is 0. The second kappa shape index (κ2) is 6.65. The molecule has 20 heavy (non-hydrogen) atoms. The summed E-state index contributed by atoms with van der Waals surface area (Å²) in [6.45, 7) is 4.66. The maximum Gasteiger partial charge on any atom is 0.251 e. The summed E-state index contributed by atoms with van der Waals surface area (Å²) in [5.74, 6) is 0.565. The van der Waals surface area contributed by atoms with Crippen molar-refractivity contribution in [1.29, 1.82) is 0 Å². The van der Waals surface area contributed by atoms with E-state index >= 15 is 0 Å². The van der Waals surface area contributed by atoms with Gasteiger partial charge in [0, 0.05) is 24.5 Å². The molecule has 5 nitrogen and oxygen atoms in total. The van der Waals surface area contributed by atoms with Crippen LogP contribution in [-0.4, -0.2) is 22.4 Å². The van der Waals surface area contributed by atoms with Crippen LogP contribution in [0.5, 0.6) is 0 Å². The number of hydrogen-bond acceptors (Lipinski definition) is 4. The maximum atomic E-state index is 12.2. The van der Waals surface area contributed by atoms with Crippen LogP contribution >= 0.6 is 0 Å². The third-order valence-electron chi connectivity index (χ3n) is 2.86. The first-order chi connectivity index (χ1) is 9.70. The summed E-state index contributed by atoms with van der Waals surface area (Å²) in [5.41, 5.74) is 1.42. The van der Waals surface area contributed by atoms with Crippen LogP contribution in [0.1, 0.15) is 35.9 Å². The highest BCUT2D eigenvalue weighted by Gasteiger charge is 2.12. The Balaban J connectivity index is 2.06. The van der Waals surface area contributed by atoms with Crippen molar-refractivity contribution < 1.29 is 4.79 Å². The Hall–Kier alpha value is -2.43. The number of carbonyl (C=O) groups is 1. The van der Waals surface area contributed by atoms with Crippen LogP contribution in [0.2, 0.25) is 0 Å². The van der Waals surface area contributed by atoms with E-state index < -0.39 is 0 Å². The molecule has 0 radical (unpaired) electrons. The third-order valence-corrected chi connectivity index (χ3v) is 2.86. The minimum absolute atomic E-state index is 0.135. The Morgan fingerprint density at radius 3 is 2.80 bits per heavy atom. The predicted octanol–water partition coefficient (Wildman–Crippen LogP) is 2.40. The molecule has 1 unspecified atom stereocenters. The molecule has 2 aromatic heterocycles. The van der Waals surface area contributed by atoms with Gasteiger partial charge in [0.25, 0.3) is 5.91 Å². The average molecular weight is 270 g/mol. The van der Waals surface area contributed by atoms with Gasteiger partial charge in [-0.05, 0) is 38.1 Å². The third kappa shape index (κ3) is 3.54. The normalized spacial score (nSPS) is 11.7. The van der Waals surface area contributed by atoms with E-state index in [0.29, 0.717) is 11.4 Å². The molecule has 1 atom stereocenters. The van der Waals surface area contributed by atoms with Crippen LogP contribution in [0, 0.1) is 0 Å². The highest BCUT2D eigenvalue weighted by atomic mass is 16.1. The summed E-state index contributed by atoms with van der Waals surface area (Å²) in [6.07, 6.45) is 3.34. The highest BCUT2D eigenvalue weighted by molar-refractivity contribution is 5.95. The Bertz CT molecular complexity index is 571. The van der Waals surface area contributed by atoms with E-state index in [1.807, 2.05) is 32.0 Å². The van der Waals surface area contributed by atoms with E-state index in [-0.39, 0.29) is 11.9 Å². The van der Waals surface area contributed by atoms with Gasteiger partial charge in [0.05, 0.1) is 11.7 Å². The molecule has 0 spiro atoms. The summed E-state index contributed by atoms with van der Waals surface area (Å²) >= 11 is 0. The molecule has 0 saturated heterocycles. The van der Waals surface area contributed by atoms with Gasteiger partial charge in [-0.3, -0.25) is 9.78 Å². The Kier molecular flexibility index (Phi) is 4.65. The lowest BCUT2D eigenvalue weighted by atomic mass is 10.2. The van der Waals surface area contributed by atoms with Crippen LogP contribution in [0.3, 0.4) is 0 Å². The predicted molar refractivity (Wildman–Crippen MR) is 78.5 cm³/mol. The van der Waals surface area contributed by atoms with Gasteiger partial charge in [-0.25, -0.2) is 4.98 Å². The summed E-state index contributed by atoms with van der Waals surface area (Å²) < 4.78 is 0. The SMILES string of the molecule is CCNc1cc(C(=O)NC(C)c2ccccn2)ccn1. The second-order valence-electron chi connectivity index (χ2n) is 4.41. The molecule has 0 aliphatic carbocycles. The topological polar surface area (TPSA) is 66.9 Å². The lowest BCUT2D eigenvalue weighted by molar-refractivity contribution is 0.0939. The van der Waals surface area contributed by atoms with Crippen LogP contribution in [0.15, 0.2) is 42.7 Å². The van der Waals surface area contributed by atoms with Crippen molar-refractivity contribution >= 4 is 11.7 Å². The molecule has 2 heterocycles. The monoisotopic (exact) mass is 270 g/mol.